The molecule has 0 aliphatic heterocycles. The van der Waals surface area contributed by atoms with Crippen molar-refractivity contribution in [3.05, 3.63) is 0 Å². The summed E-state index contributed by atoms with van der Waals surface area (Å²) in [5, 5.41) is 9.21. The van der Waals surface area contributed by atoms with Gasteiger partial charge in [-0.1, -0.05) is 124 Å². The summed E-state index contributed by atoms with van der Waals surface area (Å²) in [6.45, 7) is 10.9. The van der Waals surface area contributed by atoms with Crippen LogP contribution in [0.4, 0.5) is 0 Å². The first kappa shape index (κ1) is 42.9. The Kier molecular flexibility index (Phi) is 33.8. The molecule has 0 saturated heterocycles. The van der Waals surface area contributed by atoms with Gasteiger partial charge in [0.1, 0.15) is 0 Å². The molecule has 0 amide bonds. The number of unbranched alkanes of at least 4 members (excludes halogenated alkanes) is 17. The molecule has 6 nitrogen and oxygen atoms in total. The van der Waals surface area contributed by atoms with Crippen LogP contribution in [0, 0.1) is 5.92 Å². The molecule has 6 heteroatoms. The summed E-state index contributed by atoms with van der Waals surface area (Å²) in [6, 6.07) is 0. The number of rotatable bonds is 35. The molecule has 0 aromatic carbocycles. The van der Waals surface area contributed by atoms with E-state index in [4.69, 9.17) is 9.47 Å². The summed E-state index contributed by atoms with van der Waals surface area (Å²) in [5.74, 6) is 0.0390. The van der Waals surface area contributed by atoms with Crippen molar-refractivity contribution in [1.29, 1.82) is 0 Å². The molecule has 44 heavy (non-hydrogen) atoms. The third-order valence-corrected chi connectivity index (χ3v) is 8.76. The maximum absolute atomic E-state index is 12.9. The molecule has 0 aliphatic rings. The number of esters is 2. The first-order valence-corrected chi connectivity index (χ1v) is 19.2. The lowest BCUT2D eigenvalue weighted by atomic mass is 9.94. The van der Waals surface area contributed by atoms with Crippen LogP contribution in [0.2, 0.25) is 0 Å². The van der Waals surface area contributed by atoms with Crippen LogP contribution >= 0.6 is 0 Å². The Balaban J connectivity index is 4.24. The van der Waals surface area contributed by atoms with Gasteiger partial charge in [0, 0.05) is 13.0 Å². The van der Waals surface area contributed by atoms with Crippen LogP contribution < -0.4 is 0 Å². The molecule has 1 N–H and O–H groups in total. The van der Waals surface area contributed by atoms with E-state index >= 15 is 0 Å². The van der Waals surface area contributed by atoms with Gasteiger partial charge in [-0.2, -0.15) is 0 Å². The van der Waals surface area contributed by atoms with Crippen molar-refractivity contribution >= 4 is 11.9 Å². The van der Waals surface area contributed by atoms with E-state index in [9.17, 15) is 14.7 Å². The number of nitrogens with zero attached hydrogens (tertiary/aromatic N) is 1. The second-order valence-electron chi connectivity index (χ2n) is 13.0. The lowest BCUT2D eigenvalue weighted by Crippen LogP contribution is -2.28. The van der Waals surface area contributed by atoms with Crippen molar-refractivity contribution in [2.24, 2.45) is 5.92 Å². The fraction of sp³-hybridized carbons (Fsp3) is 0.947. The van der Waals surface area contributed by atoms with Crippen LogP contribution in [0.5, 0.6) is 0 Å². The van der Waals surface area contributed by atoms with Gasteiger partial charge in [-0.3, -0.25) is 9.59 Å². The molecule has 0 saturated carbocycles. The minimum Gasteiger partial charge on any atom is -0.466 e. The summed E-state index contributed by atoms with van der Waals surface area (Å²) in [7, 11) is 0. The average Bonchev–Trinajstić information content (AvgIpc) is 3.02. The lowest BCUT2D eigenvalue weighted by Gasteiger charge is -2.22. The molecule has 262 valence electrons. The highest BCUT2D eigenvalue weighted by Crippen LogP contribution is 2.21. The number of aliphatic hydroxyl groups is 1. The van der Waals surface area contributed by atoms with E-state index in [1.54, 1.807) is 0 Å². The molecular weight excluding hydrogens is 550 g/mol. The Morgan fingerprint density at radius 1 is 0.523 bits per heavy atom. The number of carbonyl (C=O) groups excluding carboxylic acids is 2. The molecule has 0 aliphatic carbocycles. The van der Waals surface area contributed by atoms with Crippen molar-refractivity contribution in [3.63, 3.8) is 0 Å². The standard InChI is InChI=1S/C38H75NO5/c1-4-7-10-13-15-17-20-29-37(41)43-34-25-22-31-39(30-21-24-33-40)32-23-26-35-44-38(42)36(27-18-12-9-6-3)28-19-16-14-11-8-5-2/h36,40H,4-35H2,1-3H3. The first-order chi connectivity index (χ1) is 21.6. The molecular formula is C38H75NO5. The van der Waals surface area contributed by atoms with Crippen LogP contribution in [-0.4, -0.2) is 61.4 Å². The number of hydrogen-bond donors (Lipinski definition) is 1. The Morgan fingerprint density at radius 2 is 0.955 bits per heavy atom. The molecule has 1 atom stereocenters. The zero-order valence-corrected chi connectivity index (χ0v) is 29.7. The summed E-state index contributed by atoms with van der Waals surface area (Å²) in [5.41, 5.74) is 0. The number of hydrogen-bond acceptors (Lipinski definition) is 6. The van der Waals surface area contributed by atoms with Crippen molar-refractivity contribution in [3.8, 4) is 0 Å². The molecule has 0 heterocycles. The molecule has 0 aromatic heterocycles. The van der Waals surface area contributed by atoms with E-state index in [1.165, 1.54) is 83.5 Å². The van der Waals surface area contributed by atoms with Crippen molar-refractivity contribution in [2.45, 2.75) is 188 Å². The van der Waals surface area contributed by atoms with Crippen LogP contribution in [0.1, 0.15) is 188 Å². The SMILES string of the molecule is CCCCCCCCCC(=O)OCCCCN(CCCCO)CCCCOC(=O)C(CCCCCC)CCCCCCCC. The second kappa shape index (κ2) is 34.7. The van der Waals surface area contributed by atoms with Gasteiger partial charge < -0.3 is 19.5 Å². The predicted octanol–water partition coefficient (Wildman–Crippen LogP) is 10.2. The van der Waals surface area contributed by atoms with Gasteiger partial charge in [-0.25, -0.2) is 0 Å². The van der Waals surface area contributed by atoms with Crippen molar-refractivity contribution < 1.29 is 24.2 Å². The minimum atomic E-state index is -0.0527. The van der Waals surface area contributed by atoms with E-state index in [2.05, 4.69) is 25.7 Å². The summed E-state index contributed by atoms with van der Waals surface area (Å²) < 4.78 is 11.3. The molecule has 0 radical (unpaired) electrons. The highest BCUT2D eigenvalue weighted by Gasteiger charge is 2.19. The highest BCUT2D eigenvalue weighted by molar-refractivity contribution is 5.72. The molecule has 0 bridgehead atoms. The normalized spacial score (nSPS) is 12.1. The topological polar surface area (TPSA) is 76.1 Å². The fourth-order valence-corrected chi connectivity index (χ4v) is 5.80. The number of ether oxygens (including phenoxy) is 2. The van der Waals surface area contributed by atoms with Crippen LogP contribution in [-0.2, 0) is 19.1 Å². The van der Waals surface area contributed by atoms with E-state index in [0.717, 1.165) is 96.7 Å². The Hall–Kier alpha value is -1.14. The molecule has 0 spiro atoms. The van der Waals surface area contributed by atoms with Crippen LogP contribution in [0.3, 0.4) is 0 Å². The largest absolute Gasteiger partial charge is 0.466 e. The smallest absolute Gasteiger partial charge is 0.308 e. The number of carbonyl (C=O) groups is 2. The lowest BCUT2D eigenvalue weighted by molar-refractivity contribution is -0.149. The third-order valence-electron chi connectivity index (χ3n) is 8.76. The average molecular weight is 626 g/mol. The van der Waals surface area contributed by atoms with Gasteiger partial charge in [0.05, 0.1) is 19.1 Å². The zero-order chi connectivity index (χ0) is 32.4. The van der Waals surface area contributed by atoms with Crippen LogP contribution in [0.25, 0.3) is 0 Å². The second-order valence-corrected chi connectivity index (χ2v) is 13.0. The zero-order valence-electron chi connectivity index (χ0n) is 29.7. The monoisotopic (exact) mass is 626 g/mol. The summed E-state index contributed by atoms with van der Waals surface area (Å²) in [6.07, 6.45) is 28.9. The Morgan fingerprint density at radius 3 is 1.48 bits per heavy atom. The molecule has 0 aromatic rings. The van der Waals surface area contributed by atoms with Crippen molar-refractivity contribution in [2.75, 3.05) is 39.5 Å². The van der Waals surface area contributed by atoms with Gasteiger partial charge in [-0.05, 0) is 77.4 Å². The predicted molar refractivity (Wildman–Crippen MR) is 186 cm³/mol. The Labute approximate surface area is 273 Å². The maximum atomic E-state index is 12.9. The highest BCUT2D eigenvalue weighted by atomic mass is 16.5. The van der Waals surface area contributed by atoms with Gasteiger partial charge in [0.15, 0.2) is 0 Å². The summed E-state index contributed by atoms with van der Waals surface area (Å²) in [4.78, 5) is 27.4. The minimum absolute atomic E-state index is 0.0244. The van der Waals surface area contributed by atoms with E-state index in [1.807, 2.05) is 0 Å². The van der Waals surface area contributed by atoms with Gasteiger partial charge in [0.25, 0.3) is 0 Å². The fourth-order valence-electron chi connectivity index (χ4n) is 5.80. The quantitative estimate of drug-likeness (QED) is 0.0558. The van der Waals surface area contributed by atoms with E-state index < -0.39 is 0 Å². The number of aliphatic hydroxyl groups excluding tert-OH is 1. The summed E-state index contributed by atoms with van der Waals surface area (Å²) >= 11 is 0. The molecule has 0 fully saturated rings. The van der Waals surface area contributed by atoms with Crippen molar-refractivity contribution in [1.82, 2.24) is 4.90 Å². The maximum Gasteiger partial charge on any atom is 0.308 e. The van der Waals surface area contributed by atoms with Gasteiger partial charge in [-0.15, -0.1) is 0 Å². The molecule has 1 unspecified atom stereocenters. The van der Waals surface area contributed by atoms with E-state index in [-0.39, 0.29) is 24.5 Å². The Bertz CT molecular complexity index is 614. The molecule has 0 rings (SSSR count). The first-order valence-electron chi connectivity index (χ1n) is 19.2. The van der Waals surface area contributed by atoms with Crippen LogP contribution in [0.15, 0.2) is 0 Å². The van der Waals surface area contributed by atoms with Gasteiger partial charge >= 0.3 is 11.9 Å². The third kappa shape index (κ3) is 29.6. The van der Waals surface area contributed by atoms with E-state index in [0.29, 0.717) is 19.6 Å². The van der Waals surface area contributed by atoms with Gasteiger partial charge in [0.2, 0.25) is 0 Å².